The van der Waals surface area contributed by atoms with E-state index in [4.69, 9.17) is 10.2 Å². The van der Waals surface area contributed by atoms with E-state index in [2.05, 4.69) is 0 Å². The van der Waals surface area contributed by atoms with Crippen molar-refractivity contribution in [3.63, 3.8) is 0 Å². The third-order valence-corrected chi connectivity index (χ3v) is 3.70. The topological polar surface area (TPSA) is 40.5 Å². The van der Waals surface area contributed by atoms with Gasteiger partial charge in [0.2, 0.25) is 0 Å². The summed E-state index contributed by atoms with van der Waals surface area (Å²) in [6, 6.07) is 0. The molecule has 0 spiro atoms. The van der Waals surface area contributed by atoms with Crippen LogP contribution in [0.4, 0.5) is 0 Å². The molecule has 64 valence electrons. The molecule has 4 atom stereocenters. The van der Waals surface area contributed by atoms with Crippen molar-refractivity contribution in [3.05, 3.63) is 0 Å². The van der Waals surface area contributed by atoms with Crippen molar-refractivity contribution in [3.8, 4) is 0 Å². The van der Waals surface area contributed by atoms with Crippen LogP contribution in [-0.2, 0) is 0 Å². The molecule has 0 aromatic carbocycles. The van der Waals surface area contributed by atoms with Crippen molar-refractivity contribution in [2.75, 3.05) is 13.2 Å². The van der Waals surface area contributed by atoms with Gasteiger partial charge in [0, 0.05) is 13.2 Å². The molecule has 0 aromatic rings. The smallest absolute Gasteiger partial charge is 0.0465 e. The molecule has 2 nitrogen and oxygen atoms in total. The van der Waals surface area contributed by atoms with Gasteiger partial charge in [-0.2, -0.15) is 0 Å². The van der Waals surface area contributed by atoms with Crippen molar-refractivity contribution in [1.82, 2.24) is 0 Å². The molecule has 2 saturated carbocycles. The van der Waals surface area contributed by atoms with Crippen LogP contribution in [0.25, 0.3) is 0 Å². The van der Waals surface area contributed by atoms with Gasteiger partial charge in [-0.05, 0) is 42.9 Å². The van der Waals surface area contributed by atoms with E-state index in [-0.39, 0.29) is 13.2 Å². The Kier molecular flexibility index (Phi) is 1.90. The van der Waals surface area contributed by atoms with Gasteiger partial charge in [0.1, 0.15) is 0 Å². The fourth-order valence-electron chi connectivity index (χ4n) is 3.10. The Labute approximate surface area is 67.2 Å². The Bertz CT molecular complexity index is 130. The van der Waals surface area contributed by atoms with E-state index < -0.39 is 0 Å². The Balaban J connectivity index is 2.08. The van der Waals surface area contributed by atoms with Gasteiger partial charge in [0.05, 0.1) is 0 Å². The second-order valence-corrected chi connectivity index (χ2v) is 4.03. The van der Waals surface area contributed by atoms with Gasteiger partial charge in [0.15, 0.2) is 0 Å². The highest BCUT2D eigenvalue weighted by atomic mass is 16.3. The van der Waals surface area contributed by atoms with E-state index >= 15 is 0 Å². The second kappa shape index (κ2) is 2.76. The first kappa shape index (κ1) is 7.56. The number of hydrogen-bond acceptors (Lipinski definition) is 2. The molecule has 2 heteroatoms. The molecule has 0 radical (unpaired) electrons. The van der Waals surface area contributed by atoms with Crippen LogP contribution in [0, 0.1) is 23.7 Å². The SMILES string of the molecule is OC[C@H]1[C@@H]2CC[C@@H](C2)[C@@H]1CO. The standard InChI is InChI=1S/C9H16O2/c10-4-8-6-1-2-7(3-6)9(8)5-11/h6-11H,1-5H2/t6-,7+,8-,9-/m0/s1. The van der Waals surface area contributed by atoms with Crippen molar-refractivity contribution < 1.29 is 10.2 Å². The van der Waals surface area contributed by atoms with Crippen LogP contribution in [0.3, 0.4) is 0 Å². The monoisotopic (exact) mass is 156 g/mol. The summed E-state index contributed by atoms with van der Waals surface area (Å²) in [5, 5.41) is 18.2. The highest BCUT2D eigenvalue weighted by Crippen LogP contribution is 2.51. The predicted molar refractivity (Wildman–Crippen MR) is 42.0 cm³/mol. The van der Waals surface area contributed by atoms with Crippen LogP contribution in [0.2, 0.25) is 0 Å². The minimum atomic E-state index is 0.284. The van der Waals surface area contributed by atoms with Crippen LogP contribution in [-0.4, -0.2) is 23.4 Å². The minimum absolute atomic E-state index is 0.284. The number of rotatable bonds is 2. The average Bonchev–Trinajstić information content (AvgIpc) is 2.60. The van der Waals surface area contributed by atoms with Crippen molar-refractivity contribution in [1.29, 1.82) is 0 Å². The third kappa shape index (κ3) is 1.00. The molecule has 0 aliphatic heterocycles. The van der Waals surface area contributed by atoms with Crippen LogP contribution in [0.1, 0.15) is 19.3 Å². The Hall–Kier alpha value is -0.0800. The molecule has 0 saturated heterocycles. The van der Waals surface area contributed by atoms with Crippen LogP contribution in [0.15, 0.2) is 0 Å². The molecule has 2 rings (SSSR count). The molecule has 0 aromatic heterocycles. The third-order valence-electron chi connectivity index (χ3n) is 3.70. The zero-order valence-electron chi connectivity index (χ0n) is 6.74. The zero-order chi connectivity index (χ0) is 7.84. The second-order valence-electron chi connectivity index (χ2n) is 4.03. The molecule has 2 aliphatic rings. The predicted octanol–water partition coefficient (Wildman–Crippen LogP) is 0.633. The van der Waals surface area contributed by atoms with Gasteiger partial charge >= 0.3 is 0 Å². The summed E-state index contributed by atoms with van der Waals surface area (Å²) in [6.07, 6.45) is 3.83. The average molecular weight is 156 g/mol. The first-order valence-electron chi connectivity index (χ1n) is 4.58. The maximum absolute atomic E-state index is 9.08. The van der Waals surface area contributed by atoms with Gasteiger partial charge < -0.3 is 10.2 Å². The van der Waals surface area contributed by atoms with Crippen LogP contribution >= 0.6 is 0 Å². The normalized spacial score (nSPS) is 48.5. The fraction of sp³-hybridized carbons (Fsp3) is 1.00. The molecule has 0 heterocycles. The summed E-state index contributed by atoms with van der Waals surface area (Å²) in [5.74, 6) is 2.28. The van der Waals surface area contributed by atoms with Crippen molar-refractivity contribution >= 4 is 0 Å². The minimum Gasteiger partial charge on any atom is -0.396 e. The highest BCUT2D eigenvalue weighted by molar-refractivity contribution is 4.95. The van der Waals surface area contributed by atoms with E-state index in [0.717, 1.165) is 11.8 Å². The van der Waals surface area contributed by atoms with Crippen molar-refractivity contribution in [2.24, 2.45) is 23.7 Å². The molecular weight excluding hydrogens is 140 g/mol. The lowest BCUT2D eigenvalue weighted by Gasteiger charge is -2.27. The van der Waals surface area contributed by atoms with Gasteiger partial charge in [0.25, 0.3) is 0 Å². The largest absolute Gasteiger partial charge is 0.396 e. The summed E-state index contributed by atoms with van der Waals surface area (Å²) >= 11 is 0. The molecule has 2 aliphatic carbocycles. The van der Waals surface area contributed by atoms with E-state index in [0.29, 0.717) is 11.8 Å². The summed E-state index contributed by atoms with van der Waals surface area (Å²) in [4.78, 5) is 0. The molecule has 0 unspecified atom stereocenters. The molecule has 2 fully saturated rings. The summed E-state index contributed by atoms with van der Waals surface area (Å²) in [5.41, 5.74) is 0. The van der Waals surface area contributed by atoms with Gasteiger partial charge in [-0.15, -0.1) is 0 Å². The lowest BCUT2D eigenvalue weighted by molar-refractivity contribution is 0.0791. The zero-order valence-corrected chi connectivity index (χ0v) is 6.74. The summed E-state index contributed by atoms with van der Waals surface area (Å²) in [7, 11) is 0. The maximum Gasteiger partial charge on any atom is 0.0465 e. The van der Waals surface area contributed by atoms with Gasteiger partial charge in [-0.1, -0.05) is 0 Å². The molecule has 11 heavy (non-hydrogen) atoms. The van der Waals surface area contributed by atoms with E-state index in [1.54, 1.807) is 0 Å². The lowest BCUT2D eigenvalue weighted by atomic mass is 9.80. The van der Waals surface area contributed by atoms with Crippen LogP contribution < -0.4 is 0 Å². The Morgan fingerprint density at radius 1 is 0.909 bits per heavy atom. The summed E-state index contributed by atoms with van der Waals surface area (Å²) < 4.78 is 0. The lowest BCUT2D eigenvalue weighted by Crippen LogP contribution is -2.27. The maximum atomic E-state index is 9.08. The fourth-order valence-corrected chi connectivity index (χ4v) is 3.10. The Morgan fingerprint density at radius 3 is 1.73 bits per heavy atom. The number of hydrogen-bond donors (Lipinski definition) is 2. The first-order chi connectivity index (χ1) is 5.36. The molecule has 2 bridgehead atoms. The highest BCUT2D eigenvalue weighted by Gasteiger charge is 2.46. The summed E-state index contributed by atoms with van der Waals surface area (Å²) in [6.45, 7) is 0.568. The first-order valence-corrected chi connectivity index (χ1v) is 4.58. The molecule has 0 amide bonds. The van der Waals surface area contributed by atoms with E-state index in [9.17, 15) is 0 Å². The van der Waals surface area contributed by atoms with E-state index in [1.807, 2.05) is 0 Å². The van der Waals surface area contributed by atoms with Crippen molar-refractivity contribution in [2.45, 2.75) is 19.3 Å². The Morgan fingerprint density at radius 2 is 1.36 bits per heavy atom. The molecule has 2 N–H and O–H groups in total. The van der Waals surface area contributed by atoms with Gasteiger partial charge in [-0.3, -0.25) is 0 Å². The molecular formula is C9H16O2. The number of fused-ring (bicyclic) bond motifs is 2. The number of aliphatic hydroxyl groups is 2. The quantitative estimate of drug-likeness (QED) is 0.615. The van der Waals surface area contributed by atoms with Crippen LogP contribution in [0.5, 0.6) is 0 Å². The number of aliphatic hydroxyl groups excluding tert-OH is 2. The van der Waals surface area contributed by atoms with E-state index in [1.165, 1.54) is 19.3 Å². The van der Waals surface area contributed by atoms with Gasteiger partial charge in [-0.25, -0.2) is 0 Å².